The van der Waals surface area contributed by atoms with Crippen molar-refractivity contribution in [2.24, 2.45) is 0 Å². The van der Waals surface area contributed by atoms with Crippen LogP contribution in [0.1, 0.15) is 20.3 Å². The van der Waals surface area contributed by atoms with Gasteiger partial charge in [-0.15, -0.1) is 5.10 Å². The van der Waals surface area contributed by atoms with Crippen LogP contribution in [0.4, 0.5) is 10.2 Å². The van der Waals surface area contributed by atoms with E-state index in [1.165, 1.54) is 12.1 Å². The van der Waals surface area contributed by atoms with E-state index in [2.05, 4.69) is 19.8 Å². The van der Waals surface area contributed by atoms with Crippen LogP contribution >= 0.6 is 0 Å². The third kappa shape index (κ3) is 4.68. The van der Waals surface area contributed by atoms with Gasteiger partial charge in [0.15, 0.2) is 5.65 Å². The van der Waals surface area contributed by atoms with Crippen molar-refractivity contribution in [3.05, 3.63) is 66.7 Å². The fourth-order valence-electron chi connectivity index (χ4n) is 4.94. The predicted molar refractivity (Wildman–Crippen MR) is 143 cm³/mol. The highest BCUT2D eigenvalue weighted by atomic mass is 19.1. The van der Waals surface area contributed by atoms with E-state index in [1.54, 1.807) is 18.3 Å². The van der Waals surface area contributed by atoms with Crippen LogP contribution in [0.25, 0.3) is 39.2 Å². The highest BCUT2D eigenvalue weighted by molar-refractivity contribution is 5.96. The average Bonchev–Trinajstić information content (AvgIpc) is 3.52. The molecule has 37 heavy (non-hydrogen) atoms. The van der Waals surface area contributed by atoms with E-state index in [1.807, 2.05) is 48.8 Å². The molecule has 4 aromatic heterocycles. The van der Waals surface area contributed by atoms with Crippen LogP contribution in [0, 0.1) is 5.82 Å². The molecule has 0 spiro atoms. The van der Waals surface area contributed by atoms with E-state index < -0.39 is 5.60 Å². The Labute approximate surface area is 214 Å². The molecule has 1 fully saturated rings. The van der Waals surface area contributed by atoms with Crippen molar-refractivity contribution >= 4 is 22.5 Å². The Morgan fingerprint density at radius 3 is 2.54 bits per heavy atom. The summed E-state index contributed by atoms with van der Waals surface area (Å²) in [6.07, 6.45) is 4.40. The number of pyridine rings is 1. The summed E-state index contributed by atoms with van der Waals surface area (Å²) in [5.74, 6) is 0.603. The van der Waals surface area contributed by atoms with Crippen molar-refractivity contribution in [2.45, 2.75) is 25.9 Å². The number of hydrogen-bond acceptors (Lipinski definition) is 6. The molecular formula is C28H30FN7O. The highest BCUT2D eigenvalue weighted by Gasteiger charge is 2.23. The normalized spacial score (nSPS) is 15.2. The van der Waals surface area contributed by atoms with Gasteiger partial charge in [0.1, 0.15) is 23.0 Å². The molecule has 0 unspecified atom stereocenters. The first kappa shape index (κ1) is 23.6. The number of fused-ring (bicyclic) bond motifs is 2. The van der Waals surface area contributed by atoms with Gasteiger partial charge in [-0.1, -0.05) is 0 Å². The summed E-state index contributed by atoms with van der Waals surface area (Å²) >= 11 is 0. The van der Waals surface area contributed by atoms with Crippen LogP contribution in [0.15, 0.2) is 60.9 Å². The summed E-state index contributed by atoms with van der Waals surface area (Å²) in [5.41, 5.74) is 4.23. The fraction of sp³-hybridized carbons (Fsp3) is 0.321. The molecule has 6 rings (SSSR count). The first-order valence-electron chi connectivity index (χ1n) is 12.6. The Kier molecular flexibility index (Phi) is 5.89. The Morgan fingerprint density at radius 2 is 1.78 bits per heavy atom. The van der Waals surface area contributed by atoms with E-state index in [0.29, 0.717) is 0 Å². The monoisotopic (exact) mass is 499 g/mol. The maximum atomic E-state index is 13.7. The van der Waals surface area contributed by atoms with Crippen molar-refractivity contribution in [1.82, 2.24) is 29.5 Å². The van der Waals surface area contributed by atoms with E-state index in [9.17, 15) is 9.50 Å². The fourth-order valence-corrected chi connectivity index (χ4v) is 4.94. The average molecular weight is 500 g/mol. The number of halogens is 1. The molecule has 190 valence electrons. The number of rotatable bonds is 6. The number of anilines is 1. The summed E-state index contributed by atoms with van der Waals surface area (Å²) in [6, 6.07) is 14.4. The van der Waals surface area contributed by atoms with E-state index >= 15 is 0 Å². The van der Waals surface area contributed by atoms with Crippen LogP contribution in [0.2, 0.25) is 0 Å². The van der Waals surface area contributed by atoms with Crippen LogP contribution in [0.3, 0.4) is 0 Å². The lowest BCUT2D eigenvalue weighted by Crippen LogP contribution is -2.47. The largest absolute Gasteiger partial charge is 0.390 e. The summed E-state index contributed by atoms with van der Waals surface area (Å²) in [4.78, 5) is 17.2. The quantitative estimate of drug-likeness (QED) is 0.361. The van der Waals surface area contributed by atoms with Gasteiger partial charge in [-0.25, -0.2) is 18.9 Å². The van der Waals surface area contributed by atoms with Crippen molar-refractivity contribution in [3.63, 3.8) is 0 Å². The number of aromatic amines is 1. The van der Waals surface area contributed by atoms with Crippen LogP contribution in [-0.2, 0) is 0 Å². The zero-order valence-electron chi connectivity index (χ0n) is 21.0. The van der Waals surface area contributed by atoms with Gasteiger partial charge in [-0.05, 0) is 68.8 Å². The molecule has 9 heteroatoms. The van der Waals surface area contributed by atoms with Crippen LogP contribution in [0.5, 0.6) is 0 Å². The molecule has 2 N–H and O–H groups in total. The molecule has 1 saturated heterocycles. The molecule has 0 amide bonds. The molecular weight excluding hydrogens is 469 g/mol. The first-order valence-corrected chi connectivity index (χ1v) is 12.6. The molecule has 1 aliphatic rings. The summed E-state index contributed by atoms with van der Waals surface area (Å²) in [7, 11) is 0. The topological polar surface area (TPSA) is 85.6 Å². The summed E-state index contributed by atoms with van der Waals surface area (Å²) < 4.78 is 15.6. The zero-order valence-corrected chi connectivity index (χ0v) is 21.0. The molecule has 8 nitrogen and oxygen atoms in total. The van der Waals surface area contributed by atoms with Crippen molar-refractivity contribution in [1.29, 1.82) is 0 Å². The van der Waals surface area contributed by atoms with Crippen molar-refractivity contribution in [2.75, 3.05) is 37.6 Å². The molecule has 1 aromatic carbocycles. The summed E-state index contributed by atoms with van der Waals surface area (Å²) in [6.45, 7) is 8.15. The number of imidazole rings is 1. The lowest BCUT2D eigenvalue weighted by molar-refractivity contribution is 0.0568. The lowest BCUT2D eigenvalue weighted by atomic mass is 10.0. The number of nitrogens with one attached hydrogen (secondary N) is 1. The highest BCUT2D eigenvalue weighted by Crippen LogP contribution is 2.36. The zero-order chi connectivity index (χ0) is 25.6. The number of benzene rings is 1. The Hall–Kier alpha value is -3.82. The van der Waals surface area contributed by atoms with Crippen molar-refractivity contribution in [3.8, 4) is 22.5 Å². The van der Waals surface area contributed by atoms with Gasteiger partial charge < -0.3 is 15.0 Å². The van der Waals surface area contributed by atoms with Crippen molar-refractivity contribution < 1.29 is 9.50 Å². The van der Waals surface area contributed by atoms with Crippen LogP contribution < -0.4 is 4.90 Å². The standard InChI is InChI=1S/C28H30FN7O/c1-28(2,37)11-14-34-15-17-35(18-16-34)24-8-7-23-32-25(19-3-5-20(29)6-4-19)26(36(23)33-24)21-9-12-30-27-22(21)10-13-31-27/h3-10,12-13,37H,11,14-18H2,1-2H3,(H,30,31). The van der Waals surface area contributed by atoms with Gasteiger partial charge in [0.2, 0.25) is 0 Å². The lowest BCUT2D eigenvalue weighted by Gasteiger charge is -2.36. The second kappa shape index (κ2) is 9.24. The second-order valence-corrected chi connectivity index (χ2v) is 10.3. The minimum Gasteiger partial charge on any atom is -0.390 e. The van der Waals surface area contributed by atoms with Gasteiger partial charge in [-0.3, -0.25) is 4.90 Å². The third-order valence-corrected chi connectivity index (χ3v) is 7.03. The van der Waals surface area contributed by atoms with Gasteiger partial charge in [0.05, 0.1) is 11.3 Å². The number of nitrogens with zero attached hydrogens (tertiary/aromatic N) is 6. The Morgan fingerprint density at radius 1 is 1.00 bits per heavy atom. The number of aromatic nitrogens is 5. The smallest absolute Gasteiger partial charge is 0.155 e. The minimum atomic E-state index is -0.651. The van der Waals surface area contributed by atoms with E-state index in [-0.39, 0.29) is 5.82 Å². The van der Waals surface area contributed by atoms with Gasteiger partial charge in [0.25, 0.3) is 0 Å². The molecule has 5 heterocycles. The van der Waals surface area contributed by atoms with E-state index in [0.717, 1.165) is 84.2 Å². The molecule has 0 bridgehead atoms. The van der Waals surface area contributed by atoms with Crippen LogP contribution in [-0.4, -0.2) is 72.9 Å². The minimum absolute atomic E-state index is 0.284. The molecule has 1 aliphatic heterocycles. The van der Waals surface area contributed by atoms with Gasteiger partial charge >= 0.3 is 0 Å². The number of hydrogen-bond donors (Lipinski definition) is 2. The molecule has 5 aromatic rings. The molecule has 0 aliphatic carbocycles. The molecule has 0 atom stereocenters. The number of aliphatic hydroxyl groups is 1. The van der Waals surface area contributed by atoms with Gasteiger partial charge in [-0.2, -0.15) is 0 Å². The molecule has 0 saturated carbocycles. The third-order valence-electron chi connectivity index (χ3n) is 7.03. The first-order chi connectivity index (χ1) is 17.9. The number of piperazine rings is 1. The Bertz CT molecular complexity index is 1540. The summed E-state index contributed by atoms with van der Waals surface area (Å²) in [5, 5.41) is 16.1. The van der Waals surface area contributed by atoms with E-state index in [4.69, 9.17) is 10.1 Å². The second-order valence-electron chi connectivity index (χ2n) is 10.3. The predicted octanol–water partition coefficient (Wildman–Crippen LogP) is 4.36. The Balaban J connectivity index is 1.39. The maximum Gasteiger partial charge on any atom is 0.155 e. The number of H-pyrrole nitrogens is 1. The maximum absolute atomic E-state index is 13.7. The van der Waals surface area contributed by atoms with Gasteiger partial charge in [0, 0.05) is 61.6 Å². The molecule has 0 radical (unpaired) electrons. The SMILES string of the molecule is CC(C)(O)CCN1CCN(c2ccc3nc(-c4ccc(F)cc4)c(-c4ccnc5[nH]ccc45)n3n2)CC1.